The molecule has 0 bridgehead atoms. The molecule has 1 aliphatic rings. The largest absolute Gasteiger partial charge is 0.494 e. The van der Waals surface area contributed by atoms with Gasteiger partial charge in [0.2, 0.25) is 5.95 Å². The predicted octanol–water partition coefficient (Wildman–Crippen LogP) is 5.57. The molecule has 1 N–H and O–H groups in total. The maximum absolute atomic E-state index is 5.66. The topological polar surface area (TPSA) is 68.7 Å². The highest BCUT2D eigenvalue weighted by molar-refractivity contribution is 5.94. The van der Waals surface area contributed by atoms with Crippen LogP contribution in [0.15, 0.2) is 42.5 Å². The number of rotatable bonds is 10. The molecule has 7 nitrogen and oxygen atoms in total. The van der Waals surface area contributed by atoms with E-state index in [1.165, 1.54) is 32.1 Å². The van der Waals surface area contributed by atoms with Crippen LogP contribution in [-0.4, -0.2) is 50.0 Å². The summed E-state index contributed by atoms with van der Waals surface area (Å²) in [7, 11) is 3.35. The van der Waals surface area contributed by atoms with Crippen LogP contribution in [0.2, 0.25) is 0 Å². The van der Waals surface area contributed by atoms with Crippen LogP contribution >= 0.6 is 0 Å². The number of benzene rings is 2. The Morgan fingerprint density at radius 1 is 0.970 bits per heavy atom. The summed E-state index contributed by atoms with van der Waals surface area (Å²) in [4.78, 5) is 12.3. The molecule has 2 aromatic carbocycles. The van der Waals surface area contributed by atoms with Gasteiger partial charge in [-0.2, -0.15) is 4.98 Å². The molecule has 1 aromatic heterocycles. The van der Waals surface area contributed by atoms with Crippen LogP contribution in [0.3, 0.4) is 0 Å². The van der Waals surface area contributed by atoms with Crippen LogP contribution < -0.4 is 19.7 Å². The van der Waals surface area contributed by atoms with Crippen molar-refractivity contribution in [3.05, 3.63) is 42.5 Å². The molecule has 0 radical (unpaired) electrons. The first-order valence-corrected chi connectivity index (χ1v) is 11.8. The van der Waals surface area contributed by atoms with Gasteiger partial charge in [0.1, 0.15) is 29.4 Å². The minimum atomic E-state index is 0.504. The van der Waals surface area contributed by atoms with Gasteiger partial charge in [0, 0.05) is 30.8 Å². The number of hydrogen-bond acceptors (Lipinski definition) is 7. The lowest BCUT2D eigenvalue weighted by molar-refractivity contribution is 0.146. The molecule has 0 atom stereocenters. The lowest BCUT2D eigenvalue weighted by Crippen LogP contribution is -2.37. The van der Waals surface area contributed by atoms with Gasteiger partial charge in [-0.05, 0) is 56.2 Å². The van der Waals surface area contributed by atoms with Crippen molar-refractivity contribution in [3.63, 3.8) is 0 Å². The summed E-state index contributed by atoms with van der Waals surface area (Å²) < 4.78 is 16.3. The third-order valence-corrected chi connectivity index (χ3v) is 6.18. The number of ether oxygens (including phenoxy) is 3. The lowest BCUT2D eigenvalue weighted by atomic mass is 9.94. The van der Waals surface area contributed by atoms with Crippen LogP contribution in [0.4, 0.5) is 17.5 Å². The van der Waals surface area contributed by atoms with Crippen molar-refractivity contribution in [2.45, 2.75) is 45.1 Å². The number of nitrogens with one attached hydrogen (secondary N) is 1. The van der Waals surface area contributed by atoms with Gasteiger partial charge in [-0.25, -0.2) is 4.98 Å². The van der Waals surface area contributed by atoms with E-state index in [-0.39, 0.29) is 0 Å². The summed E-state index contributed by atoms with van der Waals surface area (Å²) in [5.74, 6) is 3.08. The fourth-order valence-corrected chi connectivity index (χ4v) is 4.53. The maximum Gasteiger partial charge on any atom is 0.229 e. The van der Waals surface area contributed by atoms with Gasteiger partial charge in [0.15, 0.2) is 0 Å². The van der Waals surface area contributed by atoms with Crippen molar-refractivity contribution in [2.75, 3.05) is 44.2 Å². The first-order valence-electron chi connectivity index (χ1n) is 11.8. The summed E-state index contributed by atoms with van der Waals surface area (Å²) >= 11 is 0. The molecule has 0 aliphatic heterocycles. The normalized spacial score (nSPS) is 14.3. The summed E-state index contributed by atoms with van der Waals surface area (Å²) in [5.41, 5.74) is 1.72. The Balaban J connectivity index is 1.67. The molecule has 7 heteroatoms. The van der Waals surface area contributed by atoms with E-state index >= 15 is 0 Å². The number of hydrogen-bond donors (Lipinski definition) is 1. The zero-order chi connectivity index (χ0) is 23.0. The van der Waals surface area contributed by atoms with Gasteiger partial charge in [0.25, 0.3) is 0 Å². The molecular weight excluding hydrogens is 416 g/mol. The van der Waals surface area contributed by atoms with Crippen LogP contribution in [0.25, 0.3) is 10.9 Å². The summed E-state index contributed by atoms with van der Waals surface area (Å²) in [5, 5.41) is 4.40. The third kappa shape index (κ3) is 5.47. The first kappa shape index (κ1) is 23.1. The van der Waals surface area contributed by atoms with Crippen molar-refractivity contribution in [1.29, 1.82) is 0 Å². The molecule has 1 aliphatic carbocycles. The quantitative estimate of drug-likeness (QED) is 0.405. The number of fused-ring (bicyclic) bond motifs is 1. The highest BCUT2D eigenvalue weighted by Gasteiger charge is 2.24. The van der Waals surface area contributed by atoms with Crippen LogP contribution in [0, 0.1) is 0 Å². The fraction of sp³-hybridized carbons (Fsp3) is 0.462. The molecule has 1 heterocycles. The van der Waals surface area contributed by atoms with Crippen molar-refractivity contribution in [1.82, 2.24) is 9.97 Å². The molecule has 4 rings (SSSR count). The minimum Gasteiger partial charge on any atom is -0.494 e. The van der Waals surface area contributed by atoms with Crippen LogP contribution in [0.5, 0.6) is 11.5 Å². The Morgan fingerprint density at radius 3 is 2.45 bits per heavy atom. The molecular formula is C26H34N4O3. The molecule has 3 aromatic rings. The Morgan fingerprint density at radius 2 is 1.76 bits per heavy atom. The molecule has 176 valence electrons. The van der Waals surface area contributed by atoms with Gasteiger partial charge < -0.3 is 24.4 Å². The van der Waals surface area contributed by atoms with Crippen molar-refractivity contribution in [3.8, 4) is 11.5 Å². The van der Waals surface area contributed by atoms with Gasteiger partial charge in [0.05, 0.1) is 13.7 Å². The van der Waals surface area contributed by atoms with E-state index in [4.69, 9.17) is 24.2 Å². The standard InChI is InChI=1S/C26H34N4O3/c1-4-30(20-9-6-5-7-10-20)25-22-11-8-12-23(32-3)24(22)28-26(29-25)27-19-13-15-21(16-14-19)33-18-17-31-2/h8,11-16,20H,4-7,9-10,17-18H2,1-3H3,(H,27,28,29). The second kappa shape index (κ2) is 11.2. The average molecular weight is 451 g/mol. The Labute approximate surface area is 196 Å². The second-order valence-corrected chi connectivity index (χ2v) is 8.30. The van der Waals surface area contributed by atoms with Crippen LogP contribution in [-0.2, 0) is 4.74 Å². The zero-order valence-electron chi connectivity index (χ0n) is 19.8. The van der Waals surface area contributed by atoms with E-state index in [1.54, 1.807) is 14.2 Å². The van der Waals surface area contributed by atoms with E-state index < -0.39 is 0 Å². The van der Waals surface area contributed by atoms with Gasteiger partial charge in [-0.1, -0.05) is 25.3 Å². The van der Waals surface area contributed by atoms with Crippen molar-refractivity contribution >= 4 is 28.4 Å². The first-order chi connectivity index (χ1) is 16.2. The van der Waals surface area contributed by atoms with E-state index in [1.807, 2.05) is 36.4 Å². The number of methoxy groups -OCH3 is 2. The lowest BCUT2D eigenvalue weighted by Gasteiger charge is -2.35. The Hall–Kier alpha value is -3.06. The fourth-order valence-electron chi connectivity index (χ4n) is 4.53. The van der Waals surface area contributed by atoms with E-state index in [0.717, 1.165) is 40.5 Å². The van der Waals surface area contributed by atoms with Gasteiger partial charge in [-0.15, -0.1) is 0 Å². The highest BCUT2D eigenvalue weighted by atomic mass is 16.5. The van der Waals surface area contributed by atoms with Crippen LogP contribution in [0.1, 0.15) is 39.0 Å². The van der Waals surface area contributed by atoms with Gasteiger partial charge >= 0.3 is 0 Å². The average Bonchev–Trinajstić information content (AvgIpc) is 2.86. The summed E-state index contributed by atoms with van der Waals surface area (Å²) in [6, 6.07) is 14.4. The number of aromatic nitrogens is 2. The molecule has 1 fully saturated rings. The van der Waals surface area contributed by atoms with Crippen molar-refractivity contribution in [2.24, 2.45) is 0 Å². The molecule has 0 saturated heterocycles. The Kier molecular flexibility index (Phi) is 7.83. The highest BCUT2D eigenvalue weighted by Crippen LogP contribution is 2.35. The molecule has 0 spiro atoms. The predicted molar refractivity (Wildman–Crippen MR) is 133 cm³/mol. The smallest absolute Gasteiger partial charge is 0.229 e. The van der Waals surface area contributed by atoms with Crippen molar-refractivity contribution < 1.29 is 14.2 Å². The number of anilines is 3. The summed E-state index contributed by atoms with van der Waals surface area (Å²) in [6.45, 7) is 4.19. The zero-order valence-corrected chi connectivity index (χ0v) is 19.8. The molecule has 0 amide bonds. The van der Waals surface area contributed by atoms with E-state index in [2.05, 4.69) is 23.2 Å². The minimum absolute atomic E-state index is 0.504. The maximum atomic E-state index is 5.66. The SMILES string of the molecule is CCN(c1nc(Nc2ccc(OCCOC)cc2)nc2c(OC)cccc12)C1CCCCC1. The second-order valence-electron chi connectivity index (χ2n) is 8.30. The van der Waals surface area contributed by atoms with Gasteiger partial charge in [-0.3, -0.25) is 0 Å². The Bertz CT molecular complexity index is 1040. The number of para-hydroxylation sites is 1. The monoisotopic (exact) mass is 450 g/mol. The number of nitrogens with zero attached hydrogens (tertiary/aromatic N) is 3. The third-order valence-electron chi connectivity index (χ3n) is 6.18. The van der Waals surface area contributed by atoms with E-state index in [9.17, 15) is 0 Å². The molecule has 33 heavy (non-hydrogen) atoms. The van der Waals surface area contributed by atoms with E-state index in [0.29, 0.717) is 25.2 Å². The molecule has 0 unspecified atom stereocenters. The molecule has 1 saturated carbocycles. The summed E-state index contributed by atoms with van der Waals surface area (Å²) in [6.07, 6.45) is 6.28.